The molecule has 1 amide bonds. The molecular weight excluding hydrogens is 358 g/mol. The zero-order chi connectivity index (χ0) is 15.6. The maximum Gasteiger partial charge on any atom is 0.252 e. The van der Waals surface area contributed by atoms with Gasteiger partial charge < -0.3 is 10.6 Å². The van der Waals surface area contributed by atoms with Crippen LogP contribution in [0.15, 0.2) is 16.3 Å². The van der Waals surface area contributed by atoms with Gasteiger partial charge in [-0.2, -0.15) is 4.31 Å². The van der Waals surface area contributed by atoms with Crippen LogP contribution < -0.4 is 10.6 Å². The Hall–Kier alpha value is -0.670. The standard InChI is InChI=1S/C14H21N3O3S2.ClH/c18-13(16-10-11-8-15-9-11)7-12-3-4-14(21-12)22(19,20)17-5-1-2-6-17;/h3-4,11,15H,1-2,5-10H2,(H,16,18);1H. The zero-order valence-corrected chi connectivity index (χ0v) is 15.2. The highest BCUT2D eigenvalue weighted by Crippen LogP contribution is 2.27. The summed E-state index contributed by atoms with van der Waals surface area (Å²) >= 11 is 1.21. The molecule has 0 bridgehead atoms. The fraction of sp³-hybridized carbons (Fsp3) is 0.643. The zero-order valence-electron chi connectivity index (χ0n) is 12.8. The number of sulfonamides is 1. The van der Waals surface area contributed by atoms with Crippen molar-refractivity contribution < 1.29 is 13.2 Å². The van der Waals surface area contributed by atoms with E-state index in [0.29, 0.717) is 29.8 Å². The van der Waals surface area contributed by atoms with Crippen LogP contribution in [-0.2, 0) is 21.2 Å². The van der Waals surface area contributed by atoms with E-state index in [-0.39, 0.29) is 24.7 Å². The van der Waals surface area contributed by atoms with Crippen LogP contribution in [0, 0.1) is 5.92 Å². The van der Waals surface area contributed by atoms with Crippen LogP contribution >= 0.6 is 23.7 Å². The monoisotopic (exact) mass is 379 g/mol. The van der Waals surface area contributed by atoms with Crippen LogP contribution in [0.2, 0.25) is 0 Å². The van der Waals surface area contributed by atoms with E-state index in [4.69, 9.17) is 0 Å². The van der Waals surface area contributed by atoms with E-state index >= 15 is 0 Å². The summed E-state index contributed by atoms with van der Waals surface area (Å²) < 4.78 is 26.7. The topological polar surface area (TPSA) is 78.5 Å². The predicted octanol–water partition coefficient (Wildman–Crippen LogP) is 0.832. The lowest BCUT2D eigenvalue weighted by atomic mass is 10.0. The Bertz CT molecular complexity index is 637. The van der Waals surface area contributed by atoms with Crippen molar-refractivity contribution in [2.24, 2.45) is 5.92 Å². The van der Waals surface area contributed by atoms with E-state index in [1.807, 2.05) is 0 Å². The SMILES string of the molecule is Cl.O=C(Cc1ccc(S(=O)(=O)N2CCCC2)s1)NCC1CNC1. The highest BCUT2D eigenvalue weighted by atomic mass is 35.5. The number of amides is 1. The number of nitrogens with zero attached hydrogens (tertiary/aromatic N) is 1. The number of carbonyl (C=O) groups is 1. The average molecular weight is 380 g/mol. The van der Waals surface area contributed by atoms with Gasteiger partial charge in [0.1, 0.15) is 4.21 Å². The van der Waals surface area contributed by atoms with Crippen LogP contribution in [0.5, 0.6) is 0 Å². The Morgan fingerprint density at radius 1 is 1.30 bits per heavy atom. The number of rotatable bonds is 6. The molecule has 0 unspecified atom stereocenters. The Balaban J connectivity index is 0.00000192. The predicted molar refractivity (Wildman–Crippen MR) is 92.6 cm³/mol. The molecule has 1 aromatic rings. The van der Waals surface area contributed by atoms with E-state index in [9.17, 15) is 13.2 Å². The minimum absolute atomic E-state index is 0. The van der Waals surface area contributed by atoms with E-state index in [2.05, 4.69) is 10.6 Å². The smallest absolute Gasteiger partial charge is 0.252 e. The van der Waals surface area contributed by atoms with Gasteiger partial charge in [-0.15, -0.1) is 23.7 Å². The quantitative estimate of drug-likeness (QED) is 0.767. The maximum atomic E-state index is 12.4. The van der Waals surface area contributed by atoms with E-state index < -0.39 is 10.0 Å². The molecule has 9 heteroatoms. The maximum absolute atomic E-state index is 12.4. The van der Waals surface area contributed by atoms with Crippen molar-refractivity contribution in [2.75, 3.05) is 32.7 Å². The average Bonchev–Trinajstić information content (AvgIpc) is 3.08. The first-order valence-corrected chi connectivity index (χ1v) is 9.87. The molecule has 130 valence electrons. The fourth-order valence-corrected chi connectivity index (χ4v) is 5.65. The number of halogens is 1. The molecule has 2 aliphatic rings. The lowest BCUT2D eigenvalue weighted by Crippen LogP contribution is -2.48. The summed E-state index contributed by atoms with van der Waals surface area (Å²) in [5.74, 6) is 0.484. The highest BCUT2D eigenvalue weighted by Gasteiger charge is 2.28. The number of nitrogens with one attached hydrogen (secondary N) is 2. The van der Waals surface area contributed by atoms with Gasteiger partial charge in [-0.3, -0.25) is 4.79 Å². The first kappa shape index (κ1) is 18.7. The highest BCUT2D eigenvalue weighted by molar-refractivity contribution is 7.91. The normalized spacial score (nSPS) is 19.1. The van der Waals surface area contributed by atoms with Gasteiger partial charge in [-0.1, -0.05) is 0 Å². The van der Waals surface area contributed by atoms with Crippen molar-refractivity contribution in [3.63, 3.8) is 0 Å². The Kier molecular flexibility index (Phi) is 6.44. The third kappa shape index (κ3) is 4.45. The molecule has 0 spiro atoms. The summed E-state index contributed by atoms with van der Waals surface area (Å²) in [4.78, 5) is 12.7. The van der Waals surface area contributed by atoms with Crippen LogP contribution in [0.3, 0.4) is 0 Å². The van der Waals surface area contributed by atoms with Gasteiger partial charge in [-0.25, -0.2) is 8.42 Å². The Morgan fingerprint density at radius 3 is 2.61 bits per heavy atom. The van der Waals surface area contributed by atoms with Crippen LogP contribution in [0.1, 0.15) is 17.7 Å². The molecule has 2 N–H and O–H groups in total. The molecule has 23 heavy (non-hydrogen) atoms. The Morgan fingerprint density at radius 2 is 2.00 bits per heavy atom. The number of carbonyl (C=O) groups excluding carboxylic acids is 1. The molecule has 0 atom stereocenters. The van der Waals surface area contributed by atoms with Gasteiger partial charge in [0, 0.05) is 43.5 Å². The molecule has 2 saturated heterocycles. The molecule has 3 heterocycles. The van der Waals surface area contributed by atoms with Gasteiger partial charge in [0.25, 0.3) is 10.0 Å². The van der Waals surface area contributed by atoms with Gasteiger partial charge in [0.05, 0.1) is 6.42 Å². The first-order valence-electron chi connectivity index (χ1n) is 7.62. The second kappa shape index (κ2) is 7.94. The molecule has 2 fully saturated rings. The van der Waals surface area contributed by atoms with Crippen LogP contribution in [0.25, 0.3) is 0 Å². The third-order valence-corrected chi connectivity index (χ3v) is 7.54. The second-order valence-corrected chi connectivity index (χ2v) is 9.17. The summed E-state index contributed by atoms with van der Waals surface area (Å²) in [6.07, 6.45) is 2.10. The largest absolute Gasteiger partial charge is 0.355 e. The molecule has 3 rings (SSSR count). The van der Waals surface area contributed by atoms with Crippen LogP contribution in [0.4, 0.5) is 0 Å². The minimum Gasteiger partial charge on any atom is -0.355 e. The van der Waals surface area contributed by atoms with Gasteiger partial charge >= 0.3 is 0 Å². The minimum atomic E-state index is -3.36. The molecule has 0 aliphatic carbocycles. The summed E-state index contributed by atoms with van der Waals surface area (Å²) in [6.45, 7) is 3.81. The van der Waals surface area contributed by atoms with Crippen molar-refractivity contribution in [3.8, 4) is 0 Å². The van der Waals surface area contributed by atoms with Gasteiger partial charge in [0.2, 0.25) is 5.91 Å². The van der Waals surface area contributed by atoms with Crippen molar-refractivity contribution in [3.05, 3.63) is 17.0 Å². The lowest BCUT2D eigenvalue weighted by molar-refractivity contribution is -0.120. The molecule has 0 saturated carbocycles. The van der Waals surface area contributed by atoms with Gasteiger partial charge in [-0.05, 0) is 25.0 Å². The van der Waals surface area contributed by atoms with E-state index in [1.165, 1.54) is 15.6 Å². The van der Waals surface area contributed by atoms with Gasteiger partial charge in [0.15, 0.2) is 0 Å². The molecule has 2 aliphatic heterocycles. The number of hydrogen-bond donors (Lipinski definition) is 2. The number of thiophene rings is 1. The van der Waals surface area contributed by atoms with Crippen molar-refractivity contribution in [1.29, 1.82) is 0 Å². The molecular formula is C14H22ClN3O3S2. The van der Waals surface area contributed by atoms with Crippen LogP contribution in [-0.4, -0.2) is 51.4 Å². The summed E-state index contributed by atoms with van der Waals surface area (Å²) in [5.41, 5.74) is 0. The van der Waals surface area contributed by atoms with Crippen molar-refractivity contribution in [2.45, 2.75) is 23.5 Å². The second-order valence-electron chi connectivity index (χ2n) is 5.84. The van der Waals surface area contributed by atoms with Crippen molar-refractivity contribution >= 4 is 39.7 Å². The number of hydrogen-bond acceptors (Lipinski definition) is 5. The summed E-state index contributed by atoms with van der Waals surface area (Å²) in [5, 5.41) is 6.06. The molecule has 1 aromatic heterocycles. The van der Waals surface area contributed by atoms with Crippen molar-refractivity contribution in [1.82, 2.24) is 14.9 Å². The third-order valence-electron chi connectivity index (χ3n) is 4.08. The molecule has 0 aromatic carbocycles. The fourth-order valence-electron chi connectivity index (χ4n) is 2.62. The Labute approximate surface area is 147 Å². The van der Waals surface area contributed by atoms with E-state index in [1.54, 1.807) is 12.1 Å². The lowest BCUT2D eigenvalue weighted by Gasteiger charge is -2.27. The van der Waals surface area contributed by atoms with E-state index in [0.717, 1.165) is 30.8 Å². The molecule has 6 nitrogen and oxygen atoms in total. The summed E-state index contributed by atoms with van der Waals surface area (Å²) in [7, 11) is -3.36. The molecule has 0 radical (unpaired) electrons. The summed E-state index contributed by atoms with van der Waals surface area (Å²) in [6, 6.07) is 3.37. The first-order chi connectivity index (χ1) is 10.6.